The Kier molecular flexibility index (Phi) is 6.23. The van der Waals surface area contributed by atoms with Gasteiger partial charge in [0.1, 0.15) is 17.6 Å². The van der Waals surface area contributed by atoms with Gasteiger partial charge in [0.2, 0.25) is 0 Å². The Hall–Kier alpha value is -2.28. The average Bonchev–Trinajstić information content (AvgIpc) is 3.42. The molecule has 1 aliphatic heterocycles. The maximum Gasteiger partial charge on any atom is 0.338 e. The number of thioether (sulfide) groups is 1. The number of nitrogens with zero attached hydrogens (tertiary/aromatic N) is 2. The molecule has 29 heavy (non-hydrogen) atoms. The Morgan fingerprint density at radius 1 is 1.24 bits per heavy atom. The quantitative estimate of drug-likeness (QED) is 0.507. The number of carbonyl (C=O) groups is 1. The van der Waals surface area contributed by atoms with Crippen LogP contribution in [0.2, 0.25) is 5.02 Å². The van der Waals surface area contributed by atoms with Gasteiger partial charge in [0.15, 0.2) is 0 Å². The molecule has 7 heteroatoms. The smallest absolute Gasteiger partial charge is 0.338 e. The Morgan fingerprint density at radius 3 is 2.76 bits per heavy atom. The van der Waals surface area contributed by atoms with Gasteiger partial charge in [-0.3, -0.25) is 0 Å². The molecule has 0 amide bonds. The van der Waals surface area contributed by atoms with Crippen molar-refractivity contribution in [2.45, 2.75) is 24.0 Å². The molecule has 2 heterocycles. The van der Waals surface area contributed by atoms with Crippen molar-refractivity contribution >= 4 is 29.3 Å². The van der Waals surface area contributed by atoms with E-state index in [0.717, 1.165) is 24.3 Å². The molecule has 0 bridgehead atoms. The standard InChI is InChI=1S/C22H21ClN2O3S/c23-19-8-6-18(7-9-19)22(10-12-25-13-11-24-16-25)28-20(15-29-22)14-27-21(26)17-4-2-1-3-5-17/h1-9,11,13,16,20H,10,12,14-15H2. The number of benzene rings is 2. The van der Waals surface area contributed by atoms with E-state index in [-0.39, 0.29) is 18.7 Å². The van der Waals surface area contributed by atoms with Gasteiger partial charge in [0.25, 0.3) is 0 Å². The van der Waals surface area contributed by atoms with Gasteiger partial charge in [-0.1, -0.05) is 41.9 Å². The van der Waals surface area contributed by atoms with E-state index in [1.165, 1.54) is 0 Å². The van der Waals surface area contributed by atoms with Crippen LogP contribution < -0.4 is 0 Å². The lowest BCUT2D eigenvalue weighted by Crippen LogP contribution is -2.28. The van der Waals surface area contributed by atoms with E-state index in [2.05, 4.69) is 4.98 Å². The molecule has 4 rings (SSSR count). The fourth-order valence-corrected chi connectivity index (χ4v) is 4.79. The van der Waals surface area contributed by atoms with Gasteiger partial charge in [-0.05, 0) is 29.8 Å². The van der Waals surface area contributed by atoms with Crippen LogP contribution in [0.15, 0.2) is 73.3 Å². The highest BCUT2D eigenvalue weighted by atomic mass is 35.5. The van der Waals surface area contributed by atoms with Crippen molar-refractivity contribution in [1.29, 1.82) is 0 Å². The second kappa shape index (κ2) is 9.03. The Morgan fingerprint density at radius 2 is 2.03 bits per heavy atom. The molecule has 1 aliphatic rings. The predicted molar refractivity (Wildman–Crippen MR) is 114 cm³/mol. The van der Waals surface area contributed by atoms with Crippen LogP contribution in [0.25, 0.3) is 0 Å². The molecule has 5 nitrogen and oxygen atoms in total. The molecular weight excluding hydrogens is 408 g/mol. The number of rotatable bonds is 7. The van der Waals surface area contributed by atoms with Crippen molar-refractivity contribution < 1.29 is 14.3 Å². The summed E-state index contributed by atoms with van der Waals surface area (Å²) in [6, 6.07) is 16.8. The molecule has 3 aromatic rings. The molecule has 1 saturated heterocycles. The molecule has 0 spiro atoms. The summed E-state index contributed by atoms with van der Waals surface area (Å²) in [6.45, 7) is 0.993. The van der Waals surface area contributed by atoms with Gasteiger partial charge in [-0.2, -0.15) is 0 Å². The number of carbonyl (C=O) groups excluding carboxylic acids is 1. The zero-order chi connectivity index (χ0) is 20.1. The van der Waals surface area contributed by atoms with Gasteiger partial charge >= 0.3 is 5.97 Å². The molecule has 1 aromatic heterocycles. The van der Waals surface area contributed by atoms with Crippen molar-refractivity contribution in [2.75, 3.05) is 12.4 Å². The lowest BCUT2D eigenvalue weighted by Gasteiger charge is -2.29. The minimum absolute atomic E-state index is 0.175. The van der Waals surface area contributed by atoms with Crippen LogP contribution >= 0.6 is 23.4 Å². The van der Waals surface area contributed by atoms with E-state index in [1.807, 2.05) is 53.2 Å². The van der Waals surface area contributed by atoms with Crippen LogP contribution in [0, 0.1) is 0 Å². The lowest BCUT2D eigenvalue weighted by atomic mass is 10.1. The van der Waals surface area contributed by atoms with E-state index in [1.54, 1.807) is 36.4 Å². The SMILES string of the molecule is O=C(OCC1CSC(CCn2ccnc2)(c2ccc(Cl)cc2)O1)c1ccccc1. The molecule has 0 N–H and O–H groups in total. The maximum atomic E-state index is 12.2. The van der Waals surface area contributed by atoms with E-state index < -0.39 is 4.93 Å². The summed E-state index contributed by atoms with van der Waals surface area (Å²) in [5, 5.41) is 0.690. The first-order valence-electron chi connectivity index (χ1n) is 9.40. The molecule has 150 valence electrons. The minimum Gasteiger partial charge on any atom is -0.459 e. The molecule has 0 aliphatic carbocycles. The summed E-state index contributed by atoms with van der Waals surface area (Å²) >= 11 is 7.81. The van der Waals surface area contributed by atoms with Crippen LogP contribution in [0.5, 0.6) is 0 Å². The Labute approximate surface area is 179 Å². The van der Waals surface area contributed by atoms with Crippen LogP contribution in [-0.4, -0.2) is 34.0 Å². The highest BCUT2D eigenvalue weighted by Crippen LogP contribution is 2.48. The van der Waals surface area contributed by atoms with Crippen molar-refractivity contribution in [3.05, 3.63) is 89.5 Å². The van der Waals surface area contributed by atoms with Gasteiger partial charge in [-0.25, -0.2) is 9.78 Å². The number of halogens is 1. The second-order valence-corrected chi connectivity index (χ2v) is 8.54. The van der Waals surface area contributed by atoms with E-state index in [0.29, 0.717) is 10.6 Å². The van der Waals surface area contributed by atoms with Crippen molar-refractivity contribution in [3.63, 3.8) is 0 Å². The summed E-state index contributed by atoms with van der Waals surface area (Å²) in [4.78, 5) is 15.8. The van der Waals surface area contributed by atoms with Crippen molar-refractivity contribution in [1.82, 2.24) is 9.55 Å². The third-order valence-corrected chi connectivity index (χ3v) is 6.60. The van der Waals surface area contributed by atoms with Gasteiger partial charge < -0.3 is 14.0 Å². The minimum atomic E-state index is -0.515. The predicted octanol–water partition coefficient (Wildman–Crippen LogP) is 4.77. The zero-order valence-corrected chi connectivity index (χ0v) is 17.3. The van der Waals surface area contributed by atoms with E-state index >= 15 is 0 Å². The first-order chi connectivity index (χ1) is 14.1. The monoisotopic (exact) mass is 428 g/mol. The zero-order valence-electron chi connectivity index (χ0n) is 15.7. The fraction of sp³-hybridized carbons (Fsp3) is 0.273. The third kappa shape index (κ3) is 4.83. The fourth-order valence-electron chi connectivity index (χ4n) is 3.30. The molecule has 2 atom stereocenters. The van der Waals surface area contributed by atoms with Crippen molar-refractivity contribution in [2.24, 2.45) is 0 Å². The number of hydrogen-bond donors (Lipinski definition) is 0. The molecule has 2 unspecified atom stereocenters. The number of ether oxygens (including phenoxy) is 2. The van der Waals surface area contributed by atoms with Crippen LogP contribution in [0.1, 0.15) is 22.3 Å². The number of imidazole rings is 1. The van der Waals surface area contributed by atoms with Crippen LogP contribution in [0.4, 0.5) is 0 Å². The highest BCUT2D eigenvalue weighted by molar-refractivity contribution is 8.00. The second-order valence-electron chi connectivity index (χ2n) is 6.83. The third-order valence-electron chi connectivity index (χ3n) is 4.81. The first-order valence-corrected chi connectivity index (χ1v) is 10.8. The summed E-state index contributed by atoms with van der Waals surface area (Å²) in [5.74, 6) is 0.413. The molecule has 0 saturated carbocycles. The Bertz CT molecular complexity index is 934. The molecule has 1 fully saturated rings. The average molecular weight is 429 g/mol. The van der Waals surface area contributed by atoms with E-state index in [4.69, 9.17) is 21.1 Å². The first kappa shape index (κ1) is 20.0. The molecule has 2 aromatic carbocycles. The highest BCUT2D eigenvalue weighted by Gasteiger charge is 2.42. The number of aromatic nitrogens is 2. The van der Waals surface area contributed by atoms with Gasteiger partial charge in [0.05, 0.1) is 11.9 Å². The number of hydrogen-bond acceptors (Lipinski definition) is 5. The molecular formula is C22H21ClN2O3S. The van der Waals surface area contributed by atoms with Crippen LogP contribution in [-0.2, 0) is 21.0 Å². The van der Waals surface area contributed by atoms with Gasteiger partial charge in [0, 0.05) is 36.1 Å². The van der Waals surface area contributed by atoms with Crippen molar-refractivity contribution in [3.8, 4) is 0 Å². The van der Waals surface area contributed by atoms with Gasteiger partial charge in [-0.15, -0.1) is 11.8 Å². The lowest BCUT2D eigenvalue weighted by molar-refractivity contribution is -0.0477. The number of aryl methyl sites for hydroxylation is 1. The van der Waals surface area contributed by atoms with Crippen LogP contribution in [0.3, 0.4) is 0 Å². The molecule has 0 radical (unpaired) electrons. The van der Waals surface area contributed by atoms with E-state index in [9.17, 15) is 4.79 Å². The summed E-state index contributed by atoms with van der Waals surface area (Å²) < 4.78 is 14.0. The Balaban J connectivity index is 1.44. The summed E-state index contributed by atoms with van der Waals surface area (Å²) in [7, 11) is 0. The maximum absolute atomic E-state index is 12.2. The number of esters is 1. The topological polar surface area (TPSA) is 53.4 Å². The largest absolute Gasteiger partial charge is 0.459 e. The summed E-state index contributed by atoms with van der Waals surface area (Å²) in [6.07, 6.45) is 6.09. The normalized spacial score (nSPS) is 21.2. The summed E-state index contributed by atoms with van der Waals surface area (Å²) in [5.41, 5.74) is 1.60.